The maximum atomic E-state index is 12.7. The van der Waals surface area contributed by atoms with Gasteiger partial charge in [0.2, 0.25) is 23.6 Å². The summed E-state index contributed by atoms with van der Waals surface area (Å²) in [6, 6.07) is -3.03. The van der Waals surface area contributed by atoms with Crippen molar-refractivity contribution in [3.8, 4) is 0 Å². The van der Waals surface area contributed by atoms with E-state index < -0.39 is 42.0 Å². The summed E-state index contributed by atoms with van der Waals surface area (Å²) in [5.41, 5.74) is 0.495. The van der Waals surface area contributed by atoms with Crippen molar-refractivity contribution in [2.24, 2.45) is 5.92 Å². The number of aryl methyl sites for hydroxylation is 1. The molecule has 0 aliphatic carbocycles. The molecule has 12 heteroatoms. The van der Waals surface area contributed by atoms with Crippen LogP contribution in [0.15, 0.2) is 6.20 Å². The average molecular weight is 438 g/mol. The Morgan fingerprint density at radius 2 is 1.74 bits per heavy atom. The molecule has 0 fully saturated rings. The van der Waals surface area contributed by atoms with Gasteiger partial charge in [-0.25, -0.2) is 0 Å². The van der Waals surface area contributed by atoms with Gasteiger partial charge in [0.15, 0.2) is 0 Å². The van der Waals surface area contributed by atoms with Gasteiger partial charge in [-0.3, -0.25) is 23.9 Å². The zero-order valence-electron chi connectivity index (χ0n) is 18.2. The van der Waals surface area contributed by atoms with Crippen LogP contribution in [0, 0.1) is 5.92 Å². The van der Waals surface area contributed by atoms with Crippen molar-refractivity contribution in [1.82, 2.24) is 36.3 Å². The molecule has 12 nitrogen and oxygen atoms in total. The lowest BCUT2D eigenvalue weighted by Gasteiger charge is -2.26. The molecule has 4 atom stereocenters. The number of nitrogens with zero attached hydrogens (tertiary/aromatic N) is 3. The highest BCUT2D eigenvalue weighted by Crippen LogP contribution is 2.05. The lowest BCUT2D eigenvalue weighted by molar-refractivity contribution is -0.135. The molecular weight excluding hydrogens is 406 g/mol. The van der Waals surface area contributed by atoms with Crippen LogP contribution in [0.25, 0.3) is 0 Å². The Hall–Kier alpha value is -3.02. The van der Waals surface area contributed by atoms with Gasteiger partial charge in [-0.1, -0.05) is 19.1 Å². The topological polar surface area (TPSA) is 167 Å². The third-order valence-corrected chi connectivity index (χ3v) is 4.90. The maximum Gasteiger partial charge on any atom is 0.245 e. The number of carbonyl (C=O) groups is 4. The molecule has 4 amide bonds. The second-order valence-electron chi connectivity index (χ2n) is 8.04. The molecule has 5 N–H and O–H groups in total. The molecule has 2 bridgehead atoms. The molecular formula is C19H31N7O5. The van der Waals surface area contributed by atoms with Crippen molar-refractivity contribution in [2.75, 3.05) is 0 Å². The molecule has 2 rings (SSSR count). The molecule has 1 aromatic heterocycles. The van der Waals surface area contributed by atoms with Crippen LogP contribution in [-0.4, -0.2) is 68.0 Å². The van der Waals surface area contributed by atoms with Crippen molar-refractivity contribution >= 4 is 23.6 Å². The second-order valence-corrected chi connectivity index (χ2v) is 8.04. The highest BCUT2D eigenvalue weighted by Gasteiger charge is 2.30. The first kappa shape index (κ1) is 24.3. The van der Waals surface area contributed by atoms with Gasteiger partial charge in [0.25, 0.3) is 0 Å². The van der Waals surface area contributed by atoms with E-state index >= 15 is 0 Å². The number of carbonyl (C=O) groups excluding carboxylic acids is 4. The summed E-state index contributed by atoms with van der Waals surface area (Å²) in [7, 11) is 0. The summed E-state index contributed by atoms with van der Waals surface area (Å²) in [5, 5.41) is 28.2. The van der Waals surface area contributed by atoms with Crippen molar-refractivity contribution in [2.45, 2.75) is 77.9 Å². The monoisotopic (exact) mass is 437 g/mol. The highest BCUT2D eigenvalue weighted by atomic mass is 16.3. The lowest BCUT2D eigenvalue weighted by Crippen LogP contribution is -2.58. The van der Waals surface area contributed by atoms with E-state index in [4.69, 9.17) is 0 Å². The van der Waals surface area contributed by atoms with E-state index in [0.29, 0.717) is 18.7 Å². The number of rotatable bonds is 2. The van der Waals surface area contributed by atoms with Gasteiger partial charge < -0.3 is 26.4 Å². The van der Waals surface area contributed by atoms with Crippen molar-refractivity contribution in [3.05, 3.63) is 11.9 Å². The van der Waals surface area contributed by atoms with Gasteiger partial charge in [0, 0.05) is 13.0 Å². The Bertz CT molecular complexity index is 807. The van der Waals surface area contributed by atoms with Crippen LogP contribution in [0.4, 0.5) is 0 Å². The second kappa shape index (κ2) is 10.8. The van der Waals surface area contributed by atoms with E-state index in [2.05, 4.69) is 31.6 Å². The summed E-state index contributed by atoms with van der Waals surface area (Å²) >= 11 is 0. The van der Waals surface area contributed by atoms with E-state index in [-0.39, 0.29) is 24.8 Å². The molecule has 172 valence electrons. The van der Waals surface area contributed by atoms with Crippen LogP contribution in [0.2, 0.25) is 0 Å². The van der Waals surface area contributed by atoms with E-state index in [1.165, 1.54) is 13.8 Å². The van der Waals surface area contributed by atoms with Crippen LogP contribution >= 0.6 is 0 Å². The van der Waals surface area contributed by atoms with E-state index in [0.717, 1.165) is 0 Å². The van der Waals surface area contributed by atoms with E-state index in [1.54, 1.807) is 24.7 Å². The lowest BCUT2D eigenvalue weighted by atomic mass is 10.0. The Balaban J connectivity index is 2.23. The van der Waals surface area contributed by atoms with Gasteiger partial charge in [0.05, 0.1) is 18.8 Å². The Labute approximate surface area is 180 Å². The standard InChI is InChI=1S/C19H31N7O5/c1-10(2)15-19(31)21-11(3)17(29)23-16(12(4)27)18(30)20-8-13-9-26(25-24-13)7-5-6-14(28)22-15/h9-12,15-16,27H,5-8H2,1-4H3,(H,20,30)(H,21,31)(H,22,28)(H,23,29)/t11-,12-,15-,16+/m1/s1. The molecule has 0 saturated carbocycles. The molecule has 0 saturated heterocycles. The smallest absolute Gasteiger partial charge is 0.245 e. The van der Waals surface area contributed by atoms with Crippen LogP contribution in [-0.2, 0) is 32.3 Å². The number of fused-ring (bicyclic) bond motifs is 2. The number of aliphatic hydroxyl groups excluding tert-OH is 1. The highest BCUT2D eigenvalue weighted by molar-refractivity contribution is 5.94. The predicted octanol–water partition coefficient (Wildman–Crippen LogP) is -1.80. The summed E-state index contributed by atoms with van der Waals surface area (Å²) in [6.45, 7) is 6.90. The number of hydrogen-bond acceptors (Lipinski definition) is 7. The minimum atomic E-state index is -1.22. The maximum absolute atomic E-state index is 12.7. The minimum Gasteiger partial charge on any atom is -0.391 e. The van der Waals surface area contributed by atoms with E-state index in [9.17, 15) is 24.3 Å². The Morgan fingerprint density at radius 3 is 2.39 bits per heavy atom. The molecule has 2 heterocycles. The van der Waals surface area contributed by atoms with Crippen molar-refractivity contribution in [1.29, 1.82) is 0 Å². The first-order valence-electron chi connectivity index (χ1n) is 10.3. The van der Waals surface area contributed by atoms with E-state index in [1.807, 2.05) is 0 Å². The Kier molecular flexibility index (Phi) is 8.48. The predicted molar refractivity (Wildman–Crippen MR) is 109 cm³/mol. The fraction of sp³-hybridized carbons (Fsp3) is 0.684. The molecule has 1 aromatic rings. The number of amides is 4. The quantitative estimate of drug-likeness (QED) is 0.364. The molecule has 0 spiro atoms. The van der Waals surface area contributed by atoms with Gasteiger partial charge in [0.1, 0.15) is 23.8 Å². The first-order valence-corrected chi connectivity index (χ1v) is 10.3. The fourth-order valence-electron chi connectivity index (χ4n) is 3.05. The Morgan fingerprint density at radius 1 is 1.03 bits per heavy atom. The molecule has 0 radical (unpaired) electrons. The fourth-order valence-corrected chi connectivity index (χ4v) is 3.05. The zero-order chi connectivity index (χ0) is 23.1. The summed E-state index contributed by atoms with van der Waals surface area (Å²) in [6.07, 6.45) is 1.14. The number of hydrogen-bond donors (Lipinski definition) is 5. The number of aromatic nitrogens is 3. The molecule has 1 aliphatic rings. The van der Waals surface area contributed by atoms with Gasteiger partial charge in [-0.2, -0.15) is 0 Å². The van der Waals surface area contributed by atoms with Gasteiger partial charge in [-0.15, -0.1) is 5.10 Å². The zero-order valence-corrected chi connectivity index (χ0v) is 18.2. The van der Waals surface area contributed by atoms with Crippen LogP contribution in [0.1, 0.15) is 46.2 Å². The first-order chi connectivity index (χ1) is 14.6. The minimum absolute atomic E-state index is 0.0563. The average Bonchev–Trinajstić information content (AvgIpc) is 3.14. The van der Waals surface area contributed by atoms with Crippen molar-refractivity contribution < 1.29 is 24.3 Å². The summed E-state index contributed by atoms with van der Waals surface area (Å²) in [5.74, 6) is -2.24. The molecule has 0 aromatic carbocycles. The van der Waals surface area contributed by atoms with Crippen LogP contribution in [0.5, 0.6) is 0 Å². The van der Waals surface area contributed by atoms with Crippen molar-refractivity contribution in [3.63, 3.8) is 0 Å². The SMILES string of the molecule is CC(C)[C@H]1NC(=O)CCCn2cc(nn2)CNC(=O)[C@H]([C@@H](C)O)NC(=O)[C@@H](C)NC1=O. The molecule has 1 aliphatic heterocycles. The number of aliphatic hydroxyl groups is 1. The van der Waals surface area contributed by atoms with Gasteiger partial charge in [-0.05, 0) is 26.2 Å². The van der Waals surface area contributed by atoms with Crippen LogP contribution in [0.3, 0.4) is 0 Å². The third-order valence-electron chi connectivity index (χ3n) is 4.90. The van der Waals surface area contributed by atoms with Gasteiger partial charge >= 0.3 is 0 Å². The van der Waals surface area contributed by atoms with Crippen LogP contribution < -0.4 is 21.3 Å². The third kappa shape index (κ3) is 7.02. The summed E-state index contributed by atoms with van der Waals surface area (Å²) < 4.78 is 1.56. The largest absolute Gasteiger partial charge is 0.391 e. The number of nitrogens with one attached hydrogen (secondary N) is 4. The molecule has 31 heavy (non-hydrogen) atoms. The summed E-state index contributed by atoms with van der Waals surface area (Å²) in [4.78, 5) is 50.0. The normalized spacial score (nSPS) is 25.5. The molecule has 0 unspecified atom stereocenters.